The Bertz CT molecular complexity index is 590. The molecule has 3 rings (SSSR count). The van der Waals surface area contributed by atoms with E-state index in [0.717, 1.165) is 50.9 Å². The highest BCUT2D eigenvalue weighted by molar-refractivity contribution is 14.0. The number of ether oxygens (including phenoxy) is 1. The summed E-state index contributed by atoms with van der Waals surface area (Å²) in [6, 6.07) is 8.66. The van der Waals surface area contributed by atoms with E-state index in [-0.39, 0.29) is 36.1 Å². The Balaban J connectivity index is 0.00000261. The van der Waals surface area contributed by atoms with E-state index >= 15 is 0 Å². The van der Waals surface area contributed by atoms with E-state index in [1.165, 1.54) is 18.4 Å². The monoisotopic (exact) mass is 488 g/mol. The number of halogens is 1. The third-order valence-electron chi connectivity index (χ3n) is 5.29. The molecule has 1 aromatic rings. The Hall–Kier alpha value is -1.06. The quantitative estimate of drug-likeness (QED) is 0.366. The summed E-state index contributed by atoms with van der Waals surface area (Å²) in [6.07, 6.45) is 3.09. The Morgan fingerprint density at radius 2 is 1.96 bits per heavy atom. The molecule has 0 saturated carbocycles. The summed E-state index contributed by atoms with van der Waals surface area (Å²) in [7, 11) is 1.70. The average Bonchev–Trinajstić information content (AvgIpc) is 3.33. The number of nitrogens with zero attached hydrogens (tertiary/aromatic N) is 3. The zero-order valence-corrected chi connectivity index (χ0v) is 18.8. The van der Waals surface area contributed by atoms with Gasteiger partial charge in [-0.1, -0.05) is 12.1 Å². The lowest BCUT2D eigenvalue weighted by molar-refractivity contribution is 0.187. The predicted octanol–water partition coefficient (Wildman–Crippen LogP) is 2.48. The van der Waals surface area contributed by atoms with Crippen molar-refractivity contribution >= 4 is 29.9 Å². The van der Waals surface area contributed by atoms with Crippen LogP contribution >= 0.6 is 24.0 Å². The number of likely N-dealkylation sites (tertiary alicyclic amines) is 2. The highest BCUT2D eigenvalue weighted by Gasteiger charge is 2.26. The first-order chi connectivity index (χ1) is 12.7. The zero-order chi connectivity index (χ0) is 18.4. The maximum atomic E-state index is 9.85. The fraction of sp³-hybridized carbons (Fsp3) is 0.650. The number of β-amino-alcohol motifs (C(OH)–C–C–N with tert-alkyl or cyclic N) is 1. The SMILES string of the molecule is CCNC(=NCC(c1ccc(OC)cc1)N1CCCC1)N1CC[C@@H](O)C1.I. The van der Waals surface area contributed by atoms with Crippen molar-refractivity contribution in [3.63, 3.8) is 0 Å². The largest absolute Gasteiger partial charge is 0.497 e. The van der Waals surface area contributed by atoms with Crippen LogP contribution in [0.2, 0.25) is 0 Å². The normalized spacial score (nSPS) is 21.8. The van der Waals surface area contributed by atoms with Crippen LogP contribution in [0.3, 0.4) is 0 Å². The number of aliphatic hydroxyl groups is 1. The first kappa shape index (κ1) is 22.2. The van der Waals surface area contributed by atoms with Crippen LogP contribution in [0.15, 0.2) is 29.3 Å². The van der Waals surface area contributed by atoms with Gasteiger partial charge in [-0.05, 0) is 57.0 Å². The van der Waals surface area contributed by atoms with Gasteiger partial charge < -0.3 is 20.1 Å². The molecule has 2 heterocycles. The number of methoxy groups -OCH3 is 1. The van der Waals surface area contributed by atoms with Gasteiger partial charge in [-0.15, -0.1) is 24.0 Å². The summed E-state index contributed by atoms with van der Waals surface area (Å²) in [4.78, 5) is 9.65. The first-order valence-electron chi connectivity index (χ1n) is 9.80. The number of guanidine groups is 1. The Morgan fingerprint density at radius 1 is 1.26 bits per heavy atom. The van der Waals surface area contributed by atoms with Crippen LogP contribution in [0.5, 0.6) is 5.75 Å². The fourth-order valence-corrected chi connectivity index (χ4v) is 3.84. The van der Waals surface area contributed by atoms with Crippen LogP contribution in [-0.4, -0.2) is 73.3 Å². The van der Waals surface area contributed by atoms with Gasteiger partial charge in [0, 0.05) is 19.6 Å². The molecule has 0 bridgehead atoms. The molecule has 2 N–H and O–H groups in total. The van der Waals surface area contributed by atoms with E-state index < -0.39 is 0 Å². The van der Waals surface area contributed by atoms with Gasteiger partial charge in [-0.2, -0.15) is 0 Å². The molecule has 6 nitrogen and oxygen atoms in total. The maximum Gasteiger partial charge on any atom is 0.194 e. The molecule has 7 heteroatoms. The molecule has 0 amide bonds. The standard InChI is InChI=1S/C20H32N4O2.HI/c1-3-21-20(24-13-10-17(25)15-24)22-14-19(23-11-4-5-12-23)16-6-8-18(26-2)9-7-16;/h6-9,17,19,25H,3-5,10-15H2,1-2H3,(H,21,22);1H/t17-,19?;/m1./s1. The summed E-state index contributed by atoms with van der Waals surface area (Å²) >= 11 is 0. The van der Waals surface area contributed by atoms with E-state index in [0.29, 0.717) is 6.54 Å². The highest BCUT2D eigenvalue weighted by atomic mass is 127. The van der Waals surface area contributed by atoms with Crippen LogP contribution in [0.1, 0.15) is 37.8 Å². The molecule has 2 saturated heterocycles. The van der Waals surface area contributed by atoms with Crippen molar-refractivity contribution in [2.24, 2.45) is 4.99 Å². The van der Waals surface area contributed by atoms with Crippen LogP contribution in [0.4, 0.5) is 0 Å². The van der Waals surface area contributed by atoms with Crippen molar-refractivity contribution in [1.82, 2.24) is 15.1 Å². The molecule has 2 aliphatic rings. The smallest absolute Gasteiger partial charge is 0.194 e. The number of hydrogen-bond donors (Lipinski definition) is 2. The minimum absolute atomic E-state index is 0. The molecule has 2 fully saturated rings. The maximum absolute atomic E-state index is 9.85. The summed E-state index contributed by atoms with van der Waals surface area (Å²) in [5, 5.41) is 13.2. The summed E-state index contributed by atoms with van der Waals surface area (Å²) in [5.41, 5.74) is 1.29. The molecule has 0 aromatic heterocycles. The van der Waals surface area contributed by atoms with Crippen molar-refractivity contribution in [3.05, 3.63) is 29.8 Å². The number of hydrogen-bond acceptors (Lipinski definition) is 4. The molecule has 0 aliphatic carbocycles. The summed E-state index contributed by atoms with van der Waals surface area (Å²) < 4.78 is 5.30. The predicted molar refractivity (Wildman–Crippen MR) is 120 cm³/mol. The molecule has 2 aliphatic heterocycles. The Kier molecular flexibility index (Phi) is 9.11. The molecule has 0 radical (unpaired) electrons. The second-order valence-electron chi connectivity index (χ2n) is 7.12. The molecule has 1 aromatic carbocycles. The van der Waals surface area contributed by atoms with Crippen molar-refractivity contribution in [2.45, 2.75) is 38.3 Å². The van der Waals surface area contributed by atoms with Gasteiger partial charge in [0.15, 0.2) is 5.96 Å². The topological polar surface area (TPSA) is 60.3 Å². The van der Waals surface area contributed by atoms with Crippen molar-refractivity contribution in [3.8, 4) is 5.75 Å². The summed E-state index contributed by atoms with van der Waals surface area (Å²) in [6.45, 7) is 7.44. The molecule has 0 spiro atoms. The zero-order valence-electron chi connectivity index (χ0n) is 16.4. The third-order valence-corrected chi connectivity index (χ3v) is 5.29. The van der Waals surface area contributed by atoms with Gasteiger partial charge in [-0.25, -0.2) is 0 Å². The number of benzene rings is 1. The number of aliphatic imine (C=N–C) groups is 1. The van der Waals surface area contributed by atoms with E-state index in [1.807, 2.05) is 12.1 Å². The molecule has 2 atom stereocenters. The van der Waals surface area contributed by atoms with Crippen LogP contribution < -0.4 is 10.1 Å². The van der Waals surface area contributed by atoms with E-state index in [1.54, 1.807) is 7.11 Å². The van der Waals surface area contributed by atoms with E-state index in [2.05, 4.69) is 34.2 Å². The van der Waals surface area contributed by atoms with Crippen LogP contribution in [-0.2, 0) is 0 Å². The molecular formula is C20H33IN4O2. The van der Waals surface area contributed by atoms with Crippen molar-refractivity contribution < 1.29 is 9.84 Å². The highest BCUT2D eigenvalue weighted by Crippen LogP contribution is 2.27. The number of rotatable bonds is 6. The molecule has 27 heavy (non-hydrogen) atoms. The van der Waals surface area contributed by atoms with E-state index in [4.69, 9.17) is 9.73 Å². The lowest BCUT2D eigenvalue weighted by atomic mass is 10.1. The average molecular weight is 488 g/mol. The van der Waals surface area contributed by atoms with Gasteiger partial charge in [0.1, 0.15) is 5.75 Å². The van der Waals surface area contributed by atoms with Gasteiger partial charge in [-0.3, -0.25) is 9.89 Å². The fourth-order valence-electron chi connectivity index (χ4n) is 3.84. The minimum Gasteiger partial charge on any atom is -0.497 e. The van der Waals surface area contributed by atoms with Gasteiger partial charge in [0.2, 0.25) is 0 Å². The summed E-state index contributed by atoms with van der Waals surface area (Å²) in [5.74, 6) is 1.80. The van der Waals surface area contributed by atoms with Crippen LogP contribution in [0, 0.1) is 0 Å². The Labute approximate surface area is 180 Å². The van der Waals surface area contributed by atoms with Crippen molar-refractivity contribution in [2.75, 3.05) is 46.4 Å². The minimum atomic E-state index is -0.241. The van der Waals surface area contributed by atoms with Gasteiger partial charge in [0.05, 0.1) is 25.8 Å². The number of aliphatic hydroxyl groups excluding tert-OH is 1. The molecule has 1 unspecified atom stereocenters. The number of nitrogens with one attached hydrogen (secondary N) is 1. The third kappa shape index (κ3) is 5.96. The van der Waals surface area contributed by atoms with E-state index in [9.17, 15) is 5.11 Å². The second-order valence-corrected chi connectivity index (χ2v) is 7.12. The lowest BCUT2D eigenvalue weighted by Crippen LogP contribution is -2.41. The molecule has 152 valence electrons. The van der Waals surface area contributed by atoms with Gasteiger partial charge in [0.25, 0.3) is 0 Å². The Morgan fingerprint density at radius 3 is 2.52 bits per heavy atom. The first-order valence-corrected chi connectivity index (χ1v) is 9.80. The van der Waals surface area contributed by atoms with Gasteiger partial charge >= 0.3 is 0 Å². The molecular weight excluding hydrogens is 455 g/mol. The lowest BCUT2D eigenvalue weighted by Gasteiger charge is -2.28. The van der Waals surface area contributed by atoms with Crippen molar-refractivity contribution in [1.29, 1.82) is 0 Å². The van der Waals surface area contributed by atoms with Crippen LogP contribution in [0.25, 0.3) is 0 Å². The second kappa shape index (κ2) is 11.1.